The van der Waals surface area contributed by atoms with Crippen molar-refractivity contribution >= 4 is 36.4 Å². The highest BCUT2D eigenvalue weighted by atomic mass is 35.5. The van der Waals surface area contributed by atoms with Gasteiger partial charge in [-0.2, -0.15) is 13.9 Å². The van der Waals surface area contributed by atoms with Gasteiger partial charge in [0.2, 0.25) is 5.88 Å². The zero-order valence-corrected chi connectivity index (χ0v) is 16.6. The Hall–Kier alpha value is -1.47. The van der Waals surface area contributed by atoms with Crippen LogP contribution in [0.5, 0.6) is 5.88 Å². The van der Waals surface area contributed by atoms with Crippen LogP contribution in [0.3, 0.4) is 0 Å². The summed E-state index contributed by atoms with van der Waals surface area (Å²) in [6.45, 7) is 1.28. The van der Waals surface area contributed by atoms with E-state index >= 15 is 0 Å². The number of hydrogen-bond acceptors (Lipinski definition) is 2. The molecule has 0 atom stereocenters. The number of ether oxygens (including phenoxy) is 1. The van der Waals surface area contributed by atoms with Gasteiger partial charge in [-0.1, -0.05) is 41.1 Å². The average molecular weight is 405 g/mol. The molecule has 1 aromatic heterocycles. The fourth-order valence-electron chi connectivity index (χ4n) is 2.10. The fourth-order valence-corrected chi connectivity index (χ4v) is 3.10. The highest BCUT2D eigenvalue weighted by Gasteiger charge is 2.22. The SMILES string of the molecule is C=P(C)(C)C#Cc1cc(-c2nn(C)c(OC(F)F)c2Cl)c(C)cc1Cl. The molecule has 1 heterocycles. The quantitative estimate of drug-likeness (QED) is 0.511. The first kappa shape index (κ1) is 19.8. The number of nitrogens with zero attached hydrogens (tertiary/aromatic N) is 2. The molecule has 0 saturated heterocycles. The molecule has 0 bridgehead atoms. The van der Waals surface area contributed by atoms with Gasteiger partial charge in [0, 0.05) is 18.2 Å². The van der Waals surface area contributed by atoms with E-state index in [0.717, 1.165) is 5.56 Å². The zero-order chi connectivity index (χ0) is 18.9. The minimum atomic E-state index is -2.99. The van der Waals surface area contributed by atoms with E-state index in [1.165, 1.54) is 11.7 Å². The van der Waals surface area contributed by atoms with Crippen LogP contribution in [0, 0.1) is 18.5 Å². The van der Waals surface area contributed by atoms with Crippen LogP contribution < -0.4 is 4.74 Å². The van der Waals surface area contributed by atoms with E-state index in [-0.39, 0.29) is 10.9 Å². The van der Waals surface area contributed by atoms with Gasteiger partial charge in [-0.25, -0.2) is 4.68 Å². The molecule has 134 valence electrons. The smallest absolute Gasteiger partial charge is 0.388 e. The number of benzene rings is 1. The third kappa shape index (κ3) is 4.79. The van der Waals surface area contributed by atoms with Crippen molar-refractivity contribution in [2.24, 2.45) is 7.05 Å². The van der Waals surface area contributed by atoms with E-state index in [9.17, 15) is 8.78 Å². The monoisotopic (exact) mass is 404 g/mol. The van der Waals surface area contributed by atoms with Crippen molar-refractivity contribution in [2.45, 2.75) is 13.5 Å². The normalized spacial score (nSPS) is 11.4. The summed E-state index contributed by atoms with van der Waals surface area (Å²) in [5.74, 6) is 2.84. The molecule has 2 aromatic rings. The van der Waals surface area contributed by atoms with Gasteiger partial charge in [0.15, 0.2) is 0 Å². The van der Waals surface area contributed by atoms with Crippen LogP contribution in [0.2, 0.25) is 10.0 Å². The van der Waals surface area contributed by atoms with E-state index in [4.69, 9.17) is 23.2 Å². The molecular formula is C17H17Cl2F2N2OP. The van der Waals surface area contributed by atoms with Crippen LogP contribution in [0.1, 0.15) is 11.1 Å². The molecule has 1 aromatic carbocycles. The first-order valence-electron chi connectivity index (χ1n) is 7.19. The fraction of sp³-hybridized carbons (Fsp3) is 0.294. The summed E-state index contributed by atoms with van der Waals surface area (Å²) in [6, 6.07) is 3.49. The number of halogens is 4. The topological polar surface area (TPSA) is 27.1 Å². The lowest BCUT2D eigenvalue weighted by Gasteiger charge is -2.07. The van der Waals surface area contributed by atoms with Gasteiger partial charge in [0.25, 0.3) is 0 Å². The third-order valence-corrected chi connectivity index (χ3v) is 4.57. The Balaban J connectivity index is 2.60. The van der Waals surface area contributed by atoms with E-state index in [1.807, 2.05) is 20.3 Å². The van der Waals surface area contributed by atoms with Crippen LogP contribution >= 0.6 is 30.1 Å². The number of rotatable bonds is 3. The predicted octanol–water partition coefficient (Wildman–Crippen LogP) is 5.32. The van der Waals surface area contributed by atoms with Crippen LogP contribution in [-0.2, 0) is 7.05 Å². The Morgan fingerprint density at radius 3 is 2.52 bits per heavy atom. The van der Waals surface area contributed by atoms with Crippen molar-refractivity contribution in [3.05, 3.63) is 33.3 Å². The highest BCUT2D eigenvalue weighted by molar-refractivity contribution is 7.77. The van der Waals surface area contributed by atoms with E-state index in [2.05, 4.69) is 27.7 Å². The molecule has 0 aliphatic heterocycles. The second-order valence-electron chi connectivity index (χ2n) is 6.04. The van der Waals surface area contributed by atoms with Crippen molar-refractivity contribution in [3.8, 4) is 28.7 Å². The number of alkyl halides is 2. The maximum Gasteiger partial charge on any atom is 0.388 e. The molecule has 8 heteroatoms. The average Bonchev–Trinajstić information content (AvgIpc) is 2.73. The number of aryl methyl sites for hydroxylation is 2. The van der Waals surface area contributed by atoms with Crippen LogP contribution in [0.25, 0.3) is 11.3 Å². The molecule has 0 amide bonds. The lowest BCUT2D eigenvalue weighted by atomic mass is 10.0. The number of aromatic nitrogens is 2. The molecule has 0 fully saturated rings. The predicted molar refractivity (Wildman–Crippen MR) is 103 cm³/mol. The van der Waals surface area contributed by atoms with Gasteiger partial charge in [0.05, 0.1) is 5.02 Å². The molecule has 0 aliphatic rings. The molecule has 0 unspecified atom stereocenters. The van der Waals surface area contributed by atoms with Gasteiger partial charge >= 0.3 is 6.61 Å². The van der Waals surface area contributed by atoms with Crippen molar-refractivity contribution in [3.63, 3.8) is 0 Å². The van der Waals surface area contributed by atoms with Crippen LogP contribution in [0.4, 0.5) is 8.78 Å². The molecule has 25 heavy (non-hydrogen) atoms. The van der Waals surface area contributed by atoms with Gasteiger partial charge in [-0.3, -0.25) is 0 Å². The summed E-state index contributed by atoms with van der Waals surface area (Å²) in [7, 11) is 1.48. The molecule has 0 N–H and O–H groups in total. The minimum Gasteiger partial charge on any atom is -0.416 e. The first-order chi connectivity index (χ1) is 11.5. The summed E-state index contributed by atoms with van der Waals surface area (Å²) in [6.07, 6.45) is 4.04. The van der Waals surface area contributed by atoms with Gasteiger partial charge in [0.1, 0.15) is 10.7 Å². The van der Waals surface area contributed by atoms with Crippen molar-refractivity contribution in [2.75, 3.05) is 13.3 Å². The Kier molecular flexibility index (Phi) is 5.89. The largest absolute Gasteiger partial charge is 0.416 e. The Labute approximate surface area is 155 Å². The summed E-state index contributed by atoms with van der Waals surface area (Å²) in [5.41, 5.74) is 5.51. The van der Waals surface area contributed by atoms with Crippen molar-refractivity contribution in [1.82, 2.24) is 9.78 Å². The molecule has 2 rings (SSSR count). The maximum absolute atomic E-state index is 12.5. The molecule has 0 radical (unpaired) electrons. The standard InChI is InChI=1S/C17H17Cl2F2N2OP/c1-10-8-13(18)11(6-7-25(3,4)5)9-12(10)15-14(19)16(23(2)22-15)24-17(20)21/h8-9,17H,3H2,1-2,4-5H3. The van der Waals surface area contributed by atoms with E-state index in [1.54, 1.807) is 12.1 Å². The summed E-state index contributed by atoms with van der Waals surface area (Å²) < 4.78 is 30.7. The van der Waals surface area contributed by atoms with Gasteiger partial charge in [-0.05, 0) is 44.8 Å². The highest BCUT2D eigenvalue weighted by Crippen LogP contribution is 2.38. The first-order valence-corrected chi connectivity index (χ1v) is 10.8. The second-order valence-corrected chi connectivity index (χ2v) is 10.4. The van der Waals surface area contributed by atoms with E-state index < -0.39 is 13.5 Å². The third-order valence-electron chi connectivity index (χ3n) is 3.20. The van der Waals surface area contributed by atoms with Gasteiger partial charge in [-0.15, -0.1) is 0 Å². The zero-order valence-electron chi connectivity index (χ0n) is 14.2. The lowest BCUT2D eigenvalue weighted by Crippen LogP contribution is -2.06. The summed E-state index contributed by atoms with van der Waals surface area (Å²) in [4.78, 5) is 0. The number of hydrogen-bond donors (Lipinski definition) is 0. The Bertz CT molecular complexity index is 923. The minimum absolute atomic E-state index is 0.0112. The Morgan fingerprint density at radius 2 is 1.96 bits per heavy atom. The van der Waals surface area contributed by atoms with E-state index in [0.29, 0.717) is 21.8 Å². The molecular weight excluding hydrogens is 388 g/mol. The van der Waals surface area contributed by atoms with Crippen molar-refractivity contribution in [1.29, 1.82) is 0 Å². The van der Waals surface area contributed by atoms with Crippen molar-refractivity contribution < 1.29 is 13.5 Å². The Morgan fingerprint density at radius 1 is 1.32 bits per heavy atom. The lowest BCUT2D eigenvalue weighted by molar-refractivity contribution is -0.0552. The summed E-state index contributed by atoms with van der Waals surface area (Å²) in [5, 5.41) is 4.71. The summed E-state index contributed by atoms with van der Waals surface area (Å²) >= 11 is 12.5. The molecule has 0 aliphatic carbocycles. The maximum atomic E-state index is 12.5. The second kappa shape index (κ2) is 7.41. The van der Waals surface area contributed by atoms with Crippen LogP contribution in [0.15, 0.2) is 12.1 Å². The molecule has 0 saturated carbocycles. The van der Waals surface area contributed by atoms with Gasteiger partial charge < -0.3 is 4.74 Å². The van der Waals surface area contributed by atoms with Crippen LogP contribution in [-0.4, -0.2) is 36.0 Å². The molecule has 3 nitrogen and oxygen atoms in total. The molecule has 0 spiro atoms.